The number of hydrogen-bond acceptors (Lipinski definition) is 3. The van der Waals surface area contributed by atoms with Crippen LogP contribution in [-0.4, -0.2) is 18.6 Å². The fourth-order valence-electron chi connectivity index (χ4n) is 1.94. The summed E-state index contributed by atoms with van der Waals surface area (Å²) in [4.78, 5) is 11.8. The maximum atomic E-state index is 11.8. The lowest BCUT2D eigenvalue weighted by Crippen LogP contribution is -2.36. The number of amides is 1. The van der Waals surface area contributed by atoms with Crippen LogP contribution >= 0.6 is 23.2 Å². The normalized spacial score (nSPS) is 12.0. The van der Waals surface area contributed by atoms with Gasteiger partial charge < -0.3 is 14.5 Å². The van der Waals surface area contributed by atoms with E-state index in [0.717, 1.165) is 18.6 Å². The lowest BCUT2D eigenvalue weighted by atomic mass is 10.1. The van der Waals surface area contributed by atoms with Crippen molar-refractivity contribution in [1.82, 2.24) is 5.32 Å². The van der Waals surface area contributed by atoms with Gasteiger partial charge in [-0.3, -0.25) is 4.79 Å². The number of carbonyl (C=O) groups excluding carboxylic acids is 1. The van der Waals surface area contributed by atoms with E-state index in [0.29, 0.717) is 15.8 Å². The molecule has 2 aromatic rings. The Bertz CT molecular complexity index is 614. The molecule has 0 aliphatic heterocycles. The van der Waals surface area contributed by atoms with E-state index >= 15 is 0 Å². The first kappa shape index (κ1) is 16.7. The summed E-state index contributed by atoms with van der Waals surface area (Å²) in [7, 11) is 0. The molecular weight excluding hydrogens is 325 g/mol. The van der Waals surface area contributed by atoms with Gasteiger partial charge in [-0.1, -0.05) is 23.2 Å². The number of rotatable bonds is 7. The molecule has 1 heterocycles. The van der Waals surface area contributed by atoms with Gasteiger partial charge in [-0.2, -0.15) is 0 Å². The molecule has 0 aliphatic rings. The second kappa shape index (κ2) is 8.11. The van der Waals surface area contributed by atoms with Crippen molar-refractivity contribution in [2.45, 2.75) is 25.8 Å². The summed E-state index contributed by atoms with van der Waals surface area (Å²) in [5.74, 6) is 1.15. The van der Waals surface area contributed by atoms with Gasteiger partial charge in [0.15, 0.2) is 6.61 Å². The van der Waals surface area contributed by atoms with Crippen LogP contribution in [-0.2, 0) is 11.2 Å². The van der Waals surface area contributed by atoms with E-state index < -0.39 is 0 Å². The number of halogens is 2. The largest absolute Gasteiger partial charge is 0.482 e. The Morgan fingerprint density at radius 1 is 1.36 bits per heavy atom. The molecule has 0 aliphatic carbocycles. The van der Waals surface area contributed by atoms with Crippen molar-refractivity contribution in [3.63, 3.8) is 0 Å². The standard InChI is InChI=1S/C16H17Cl2NO3/c1-11(4-6-13-3-2-8-21-13)19-16(20)10-22-15-7-5-12(17)9-14(15)18/h2-3,5,7-9,11H,4,6,10H2,1H3,(H,19,20)/t11-/m0/s1. The molecule has 6 heteroatoms. The molecule has 4 nitrogen and oxygen atoms in total. The Hall–Kier alpha value is -1.65. The van der Waals surface area contributed by atoms with Crippen LogP contribution in [0, 0.1) is 0 Å². The van der Waals surface area contributed by atoms with E-state index in [-0.39, 0.29) is 18.6 Å². The fourth-order valence-corrected chi connectivity index (χ4v) is 2.40. The van der Waals surface area contributed by atoms with Gasteiger partial charge in [0.05, 0.1) is 11.3 Å². The molecule has 2 rings (SSSR count). The molecule has 1 atom stereocenters. The molecule has 1 aromatic carbocycles. The van der Waals surface area contributed by atoms with Crippen LogP contribution < -0.4 is 10.1 Å². The number of aryl methyl sites for hydroxylation is 1. The summed E-state index contributed by atoms with van der Waals surface area (Å²) in [5.41, 5.74) is 0. The summed E-state index contributed by atoms with van der Waals surface area (Å²) in [6.07, 6.45) is 3.21. The molecule has 0 unspecified atom stereocenters. The van der Waals surface area contributed by atoms with Gasteiger partial charge in [0.1, 0.15) is 11.5 Å². The molecule has 0 spiro atoms. The lowest BCUT2D eigenvalue weighted by Gasteiger charge is -2.14. The van der Waals surface area contributed by atoms with Gasteiger partial charge in [0.25, 0.3) is 5.91 Å². The van der Waals surface area contributed by atoms with Crippen LogP contribution in [0.1, 0.15) is 19.1 Å². The van der Waals surface area contributed by atoms with Gasteiger partial charge in [-0.05, 0) is 43.7 Å². The smallest absolute Gasteiger partial charge is 0.258 e. The molecule has 0 saturated carbocycles. The Morgan fingerprint density at radius 2 is 2.18 bits per heavy atom. The van der Waals surface area contributed by atoms with Crippen LogP contribution in [0.5, 0.6) is 5.75 Å². The Labute approximate surface area is 139 Å². The molecule has 1 aromatic heterocycles. The van der Waals surface area contributed by atoms with Crippen LogP contribution in [0.3, 0.4) is 0 Å². The molecular formula is C16H17Cl2NO3. The van der Waals surface area contributed by atoms with Crippen LogP contribution in [0.15, 0.2) is 41.0 Å². The first-order valence-corrected chi connectivity index (χ1v) is 7.70. The summed E-state index contributed by atoms with van der Waals surface area (Å²) in [6.45, 7) is 1.85. The second-order valence-electron chi connectivity index (χ2n) is 4.95. The van der Waals surface area contributed by atoms with Gasteiger partial charge in [-0.15, -0.1) is 0 Å². The Morgan fingerprint density at radius 3 is 2.86 bits per heavy atom. The minimum absolute atomic E-state index is 0.0295. The fraction of sp³-hybridized carbons (Fsp3) is 0.312. The lowest BCUT2D eigenvalue weighted by molar-refractivity contribution is -0.123. The van der Waals surface area contributed by atoms with E-state index in [9.17, 15) is 4.79 Å². The van der Waals surface area contributed by atoms with Gasteiger partial charge in [0, 0.05) is 17.5 Å². The van der Waals surface area contributed by atoms with Crippen molar-refractivity contribution in [3.8, 4) is 5.75 Å². The minimum Gasteiger partial charge on any atom is -0.482 e. The molecule has 0 radical (unpaired) electrons. The zero-order valence-electron chi connectivity index (χ0n) is 12.1. The molecule has 0 saturated heterocycles. The van der Waals surface area contributed by atoms with Crippen molar-refractivity contribution in [2.75, 3.05) is 6.61 Å². The summed E-state index contributed by atoms with van der Waals surface area (Å²) in [6, 6.07) is 8.66. The predicted octanol–water partition coefficient (Wildman–Crippen LogP) is 4.10. The molecule has 22 heavy (non-hydrogen) atoms. The van der Waals surface area contributed by atoms with E-state index in [1.807, 2.05) is 19.1 Å². The van der Waals surface area contributed by atoms with E-state index in [2.05, 4.69) is 5.32 Å². The average Bonchev–Trinajstić information content (AvgIpc) is 2.97. The highest BCUT2D eigenvalue weighted by atomic mass is 35.5. The van der Waals surface area contributed by atoms with Crippen LogP contribution in [0.4, 0.5) is 0 Å². The maximum absolute atomic E-state index is 11.8. The third-order valence-electron chi connectivity index (χ3n) is 3.06. The van der Waals surface area contributed by atoms with E-state index in [4.69, 9.17) is 32.4 Å². The van der Waals surface area contributed by atoms with Crippen molar-refractivity contribution in [3.05, 3.63) is 52.4 Å². The zero-order chi connectivity index (χ0) is 15.9. The molecule has 118 valence electrons. The molecule has 0 bridgehead atoms. The summed E-state index contributed by atoms with van der Waals surface area (Å²) in [5, 5.41) is 3.77. The zero-order valence-corrected chi connectivity index (χ0v) is 13.7. The van der Waals surface area contributed by atoms with Gasteiger partial charge >= 0.3 is 0 Å². The number of benzene rings is 1. The number of nitrogens with one attached hydrogen (secondary N) is 1. The molecule has 1 N–H and O–H groups in total. The van der Waals surface area contributed by atoms with Crippen molar-refractivity contribution >= 4 is 29.1 Å². The number of carbonyl (C=O) groups is 1. The third kappa shape index (κ3) is 5.28. The third-order valence-corrected chi connectivity index (χ3v) is 3.59. The number of furan rings is 1. The minimum atomic E-state index is -0.196. The van der Waals surface area contributed by atoms with E-state index in [1.54, 1.807) is 24.5 Å². The van der Waals surface area contributed by atoms with Gasteiger partial charge in [0.2, 0.25) is 0 Å². The Kier molecular flexibility index (Phi) is 6.16. The Balaban J connectivity index is 1.72. The summed E-state index contributed by atoms with van der Waals surface area (Å²) >= 11 is 11.8. The van der Waals surface area contributed by atoms with Crippen molar-refractivity contribution in [1.29, 1.82) is 0 Å². The quantitative estimate of drug-likeness (QED) is 0.824. The highest BCUT2D eigenvalue weighted by molar-refractivity contribution is 6.35. The average molecular weight is 342 g/mol. The van der Waals surface area contributed by atoms with E-state index in [1.165, 1.54) is 0 Å². The van der Waals surface area contributed by atoms with Crippen molar-refractivity contribution in [2.24, 2.45) is 0 Å². The SMILES string of the molecule is C[C@@H](CCc1ccco1)NC(=O)COc1ccc(Cl)cc1Cl. The van der Waals surface area contributed by atoms with Crippen LogP contribution in [0.25, 0.3) is 0 Å². The number of ether oxygens (including phenoxy) is 1. The first-order valence-electron chi connectivity index (χ1n) is 6.94. The topological polar surface area (TPSA) is 51.5 Å². The summed E-state index contributed by atoms with van der Waals surface area (Å²) < 4.78 is 10.6. The first-order chi connectivity index (χ1) is 10.5. The maximum Gasteiger partial charge on any atom is 0.258 e. The number of hydrogen-bond donors (Lipinski definition) is 1. The molecule has 1 amide bonds. The predicted molar refractivity (Wildman–Crippen MR) is 86.6 cm³/mol. The van der Waals surface area contributed by atoms with Crippen molar-refractivity contribution < 1.29 is 13.9 Å². The highest BCUT2D eigenvalue weighted by Crippen LogP contribution is 2.27. The van der Waals surface area contributed by atoms with Crippen LogP contribution in [0.2, 0.25) is 10.0 Å². The highest BCUT2D eigenvalue weighted by Gasteiger charge is 2.10. The monoisotopic (exact) mass is 341 g/mol. The van der Waals surface area contributed by atoms with Gasteiger partial charge in [-0.25, -0.2) is 0 Å². The second-order valence-corrected chi connectivity index (χ2v) is 5.79. The molecule has 0 fully saturated rings.